The Morgan fingerprint density at radius 2 is 2.31 bits per heavy atom. The van der Waals surface area contributed by atoms with Gasteiger partial charge < -0.3 is 10.3 Å². The van der Waals surface area contributed by atoms with Crippen LogP contribution in [0.3, 0.4) is 0 Å². The van der Waals surface area contributed by atoms with Crippen molar-refractivity contribution in [2.75, 3.05) is 5.32 Å². The number of aryl methyl sites for hydroxylation is 1. The van der Waals surface area contributed by atoms with Crippen LogP contribution in [-0.4, -0.2) is 9.97 Å². The minimum absolute atomic E-state index is 0.691. The number of hydrogen-bond donors (Lipinski definition) is 2. The number of halogens is 1. The summed E-state index contributed by atoms with van der Waals surface area (Å²) in [5.74, 6) is 0.766. The van der Waals surface area contributed by atoms with E-state index in [0.29, 0.717) is 6.54 Å². The van der Waals surface area contributed by atoms with Gasteiger partial charge in [0.2, 0.25) is 0 Å². The van der Waals surface area contributed by atoms with Gasteiger partial charge in [0, 0.05) is 24.0 Å². The van der Waals surface area contributed by atoms with E-state index < -0.39 is 0 Å². The van der Waals surface area contributed by atoms with Gasteiger partial charge in [-0.3, -0.25) is 0 Å². The van der Waals surface area contributed by atoms with E-state index >= 15 is 0 Å². The van der Waals surface area contributed by atoms with Crippen LogP contribution in [0.25, 0.3) is 0 Å². The van der Waals surface area contributed by atoms with E-state index in [1.807, 2.05) is 12.1 Å². The number of aromatic nitrogens is 2. The number of anilines is 1. The summed E-state index contributed by atoms with van der Waals surface area (Å²) in [7, 11) is 0. The average Bonchev–Trinajstić information content (AvgIpc) is 2.80. The highest BCUT2D eigenvalue weighted by molar-refractivity contribution is 6.31. The lowest BCUT2D eigenvalue weighted by Gasteiger charge is -2.10. The number of rotatable bonds is 4. The molecule has 0 saturated carbocycles. The van der Waals surface area contributed by atoms with E-state index in [9.17, 15) is 0 Å². The molecule has 2 rings (SSSR count). The van der Waals surface area contributed by atoms with Crippen LogP contribution in [-0.2, 0) is 13.0 Å². The molecule has 4 heteroatoms. The second-order valence-electron chi connectivity index (χ2n) is 3.52. The van der Waals surface area contributed by atoms with Crippen molar-refractivity contribution >= 4 is 17.5 Å². The van der Waals surface area contributed by atoms with Gasteiger partial charge in [-0.05, 0) is 23.6 Å². The maximum absolute atomic E-state index is 6.18. The Bertz CT molecular complexity index is 451. The zero-order valence-corrected chi connectivity index (χ0v) is 9.88. The summed E-state index contributed by atoms with van der Waals surface area (Å²) in [5.41, 5.74) is 2.41. The SMILES string of the molecule is CCc1cccc(Cl)c1CNc1ncc[nH]1. The molecule has 0 aliphatic carbocycles. The van der Waals surface area contributed by atoms with Crippen LogP contribution in [0.1, 0.15) is 18.1 Å². The van der Waals surface area contributed by atoms with Crippen molar-refractivity contribution in [2.24, 2.45) is 0 Å². The molecule has 0 atom stereocenters. The summed E-state index contributed by atoms with van der Waals surface area (Å²) in [6.07, 6.45) is 4.49. The fourth-order valence-corrected chi connectivity index (χ4v) is 1.93. The van der Waals surface area contributed by atoms with Gasteiger partial charge in [-0.25, -0.2) is 4.98 Å². The van der Waals surface area contributed by atoms with Crippen LogP contribution in [0.5, 0.6) is 0 Å². The van der Waals surface area contributed by atoms with E-state index in [4.69, 9.17) is 11.6 Å². The monoisotopic (exact) mass is 235 g/mol. The summed E-state index contributed by atoms with van der Waals surface area (Å²) in [4.78, 5) is 7.11. The summed E-state index contributed by atoms with van der Waals surface area (Å²) in [6.45, 7) is 2.82. The quantitative estimate of drug-likeness (QED) is 0.854. The maximum atomic E-state index is 6.18. The summed E-state index contributed by atoms with van der Waals surface area (Å²) < 4.78 is 0. The summed E-state index contributed by atoms with van der Waals surface area (Å²) >= 11 is 6.18. The van der Waals surface area contributed by atoms with Gasteiger partial charge in [0.05, 0.1) is 0 Å². The molecule has 0 saturated heterocycles. The molecule has 0 fully saturated rings. The molecule has 1 aromatic carbocycles. The number of hydrogen-bond acceptors (Lipinski definition) is 2. The molecule has 0 unspecified atom stereocenters. The minimum atomic E-state index is 0.691. The van der Waals surface area contributed by atoms with Crippen molar-refractivity contribution in [3.63, 3.8) is 0 Å². The largest absolute Gasteiger partial charge is 0.352 e. The van der Waals surface area contributed by atoms with Gasteiger partial charge in [-0.15, -0.1) is 0 Å². The first-order valence-corrected chi connectivity index (χ1v) is 5.68. The van der Waals surface area contributed by atoms with Gasteiger partial charge in [0.25, 0.3) is 0 Å². The molecule has 0 aliphatic rings. The third-order valence-corrected chi connectivity index (χ3v) is 2.88. The van der Waals surface area contributed by atoms with E-state index in [1.54, 1.807) is 12.4 Å². The highest BCUT2D eigenvalue weighted by Crippen LogP contribution is 2.21. The molecule has 2 N–H and O–H groups in total. The maximum Gasteiger partial charge on any atom is 0.200 e. The van der Waals surface area contributed by atoms with E-state index in [-0.39, 0.29) is 0 Å². The van der Waals surface area contributed by atoms with Crippen molar-refractivity contribution in [3.8, 4) is 0 Å². The predicted octanol–water partition coefficient (Wildman–Crippen LogP) is 3.24. The summed E-state index contributed by atoms with van der Waals surface area (Å²) in [5, 5.41) is 4.01. The van der Waals surface area contributed by atoms with E-state index in [1.165, 1.54) is 5.56 Å². The Morgan fingerprint density at radius 1 is 1.44 bits per heavy atom. The second kappa shape index (κ2) is 5.03. The fourth-order valence-electron chi connectivity index (χ4n) is 1.67. The Kier molecular flexibility index (Phi) is 3.47. The topological polar surface area (TPSA) is 40.7 Å². The Hall–Kier alpha value is -1.48. The van der Waals surface area contributed by atoms with Gasteiger partial charge in [-0.2, -0.15) is 0 Å². The molecule has 1 aromatic heterocycles. The van der Waals surface area contributed by atoms with Gasteiger partial charge >= 0.3 is 0 Å². The van der Waals surface area contributed by atoms with Crippen molar-refractivity contribution in [1.29, 1.82) is 0 Å². The molecule has 0 spiro atoms. The van der Waals surface area contributed by atoms with Crippen LogP contribution in [0.2, 0.25) is 5.02 Å². The molecular formula is C12H14ClN3. The fraction of sp³-hybridized carbons (Fsp3) is 0.250. The zero-order chi connectivity index (χ0) is 11.4. The molecule has 0 aliphatic heterocycles. The van der Waals surface area contributed by atoms with Crippen molar-refractivity contribution in [3.05, 3.63) is 46.7 Å². The predicted molar refractivity (Wildman–Crippen MR) is 66.7 cm³/mol. The molecule has 16 heavy (non-hydrogen) atoms. The zero-order valence-electron chi connectivity index (χ0n) is 9.13. The second-order valence-corrected chi connectivity index (χ2v) is 3.93. The first-order chi connectivity index (χ1) is 7.81. The average molecular weight is 236 g/mol. The third-order valence-electron chi connectivity index (χ3n) is 2.53. The minimum Gasteiger partial charge on any atom is -0.352 e. The lowest BCUT2D eigenvalue weighted by atomic mass is 10.1. The van der Waals surface area contributed by atoms with Crippen LogP contribution < -0.4 is 5.32 Å². The number of nitrogens with one attached hydrogen (secondary N) is 2. The molecular weight excluding hydrogens is 222 g/mol. The standard InChI is InChI=1S/C12H14ClN3/c1-2-9-4-3-5-11(13)10(9)8-16-12-14-6-7-15-12/h3-7H,2,8H2,1H3,(H2,14,15,16). The first kappa shape index (κ1) is 11.0. The van der Waals surface area contributed by atoms with Crippen LogP contribution in [0.4, 0.5) is 5.95 Å². The third kappa shape index (κ3) is 2.36. The van der Waals surface area contributed by atoms with E-state index in [2.05, 4.69) is 28.3 Å². The number of H-pyrrole nitrogens is 1. The Morgan fingerprint density at radius 3 is 3.00 bits per heavy atom. The molecule has 3 nitrogen and oxygen atoms in total. The highest BCUT2D eigenvalue weighted by Gasteiger charge is 2.05. The lowest BCUT2D eigenvalue weighted by Crippen LogP contribution is -2.04. The van der Waals surface area contributed by atoms with Crippen molar-refractivity contribution < 1.29 is 0 Å². The van der Waals surface area contributed by atoms with E-state index in [0.717, 1.165) is 23.0 Å². The van der Waals surface area contributed by atoms with Crippen LogP contribution in [0.15, 0.2) is 30.6 Å². The van der Waals surface area contributed by atoms with Gasteiger partial charge in [-0.1, -0.05) is 30.7 Å². The number of benzene rings is 1. The van der Waals surface area contributed by atoms with Crippen LogP contribution in [0, 0.1) is 0 Å². The normalized spacial score (nSPS) is 10.4. The molecule has 0 amide bonds. The summed E-state index contributed by atoms with van der Waals surface area (Å²) in [6, 6.07) is 6.00. The Balaban J connectivity index is 2.14. The molecule has 1 heterocycles. The first-order valence-electron chi connectivity index (χ1n) is 5.30. The molecule has 0 radical (unpaired) electrons. The van der Waals surface area contributed by atoms with Gasteiger partial charge in [0.15, 0.2) is 5.95 Å². The number of aromatic amines is 1. The smallest absolute Gasteiger partial charge is 0.200 e. The lowest BCUT2D eigenvalue weighted by molar-refractivity contribution is 1.03. The van der Waals surface area contributed by atoms with Crippen LogP contribution >= 0.6 is 11.6 Å². The molecule has 0 bridgehead atoms. The highest BCUT2D eigenvalue weighted by atomic mass is 35.5. The van der Waals surface area contributed by atoms with Crippen molar-refractivity contribution in [2.45, 2.75) is 19.9 Å². The van der Waals surface area contributed by atoms with Gasteiger partial charge in [0.1, 0.15) is 0 Å². The molecule has 84 valence electrons. The van der Waals surface area contributed by atoms with Crippen molar-refractivity contribution in [1.82, 2.24) is 9.97 Å². The number of imidazole rings is 1. The number of nitrogens with zero attached hydrogens (tertiary/aromatic N) is 1. The molecule has 2 aromatic rings. The Labute approximate surface area is 99.9 Å².